The molecule has 4 heteroatoms. The highest BCUT2D eigenvalue weighted by atomic mass is 16.5. The van der Waals surface area contributed by atoms with Crippen molar-refractivity contribution in [1.82, 2.24) is 0 Å². The number of carboxylic acid groups (broad SMARTS) is 1. The molecule has 19 heavy (non-hydrogen) atoms. The molecule has 0 heterocycles. The van der Waals surface area contributed by atoms with E-state index in [1.807, 2.05) is 0 Å². The minimum absolute atomic E-state index is 0.0964. The van der Waals surface area contributed by atoms with Crippen molar-refractivity contribution in [2.24, 2.45) is 0 Å². The fourth-order valence-electron chi connectivity index (χ4n) is 2.32. The van der Waals surface area contributed by atoms with Crippen molar-refractivity contribution in [3.8, 4) is 16.9 Å². The third-order valence-electron chi connectivity index (χ3n) is 3.27. The number of ether oxygens (including phenoxy) is 1. The van der Waals surface area contributed by atoms with Crippen LogP contribution in [0.25, 0.3) is 11.1 Å². The zero-order valence-corrected chi connectivity index (χ0v) is 10.1. The Bertz CT molecular complexity index is 716. The lowest BCUT2D eigenvalue weighted by atomic mass is 10.0. The van der Waals surface area contributed by atoms with Crippen LogP contribution < -0.4 is 4.74 Å². The summed E-state index contributed by atoms with van der Waals surface area (Å²) >= 11 is 0. The van der Waals surface area contributed by atoms with E-state index in [4.69, 9.17) is 9.84 Å². The highest BCUT2D eigenvalue weighted by molar-refractivity contribution is 6.22. The Morgan fingerprint density at radius 1 is 1.00 bits per heavy atom. The molecule has 0 atom stereocenters. The second-order valence-corrected chi connectivity index (χ2v) is 4.31. The van der Waals surface area contributed by atoms with Crippen molar-refractivity contribution in [2.45, 2.75) is 0 Å². The van der Waals surface area contributed by atoms with Gasteiger partial charge in [-0.2, -0.15) is 0 Å². The van der Waals surface area contributed by atoms with E-state index in [9.17, 15) is 9.59 Å². The summed E-state index contributed by atoms with van der Waals surface area (Å²) in [4.78, 5) is 23.2. The van der Waals surface area contributed by atoms with Gasteiger partial charge in [0.1, 0.15) is 5.75 Å². The first-order chi connectivity index (χ1) is 9.11. The van der Waals surface area contributed by atoms with Crippen LogP contribution in [0.2, 0.25) is 0 Å². The maximum Gasteiger partial charge on any atom is 0.335 e. The summed E-state index contributed by atoms with van der Waals surface area (Å²) in [6, 6.07) is 9.76. The average Bonchev–Trinajstić information content (AvgIpc) is 2.71. The van der Waals surface area contributed by atoms with Gasteiger partial charge in [-0.1, -0.05) is 0 Å². The highest BCUT2D eigenvalue weighted by Gasteiger charge is 2.27. The standard InChI is InChI=1S/C15H10O4/c1-19-9-3-5-10-12-6-8(15(17)18)2-4-11(12)14(16)13(10)7-9/h2-7H,1H3,(H,17,18). The largest absolute Gasteiger partial charge is 0.497 e. The average molecular weight is 254 g/mol. The van der Waals surface area contributed by atoms with Crippen molar-refractivity contribution in [2.75, 3.05) is 7.11 Å². The molecule has 94 valence electrons. The van der Waals surface area contributed by atoms with Crippen LogP contribution in [0.4, 0.5) is 0 Å². The molecule has 3 rings (SSSR count). The van der Waals surface area contributed by atoms with Gasteiger partial charge in [0.05, 0.1) is 12.7 Å². The first-order valence-corrected chi connectivity index (χ1v) is 5.72. The van der Waals surface area contributed by atoms with Gasteiger partial charge < -0.3 is 9.84 Å². The summed E-state index contributed by atoms with van der Waals surface area (Å²) in [7, 11) is 1.54. The molecule has 1 N–H and O–H groups in total. The van der Waals surface area contributed by atoms with Crippen LogP contribution in [0.5, 0.6) is 5.75 Å². The molecule has 0 bridgehead atoms. The Morgan fingerprint density at radius 2 is 1.74 bits per heavy atom. The van der Waals surface area contributed by atoms with Gasteiger partial charge in [0.15, 0.2) is 5.78 Å². The van der Waals surface area contributed by atoms with Crippen LogP contribution >= 0.6 is 0 Å². The van der Waals surface area contributed by atoms with E-state index in [2.05, 4.69) is 0 Å². The van der Waals surface area contributed by atoms with Crippen molar-refractivity contribution in [3.63, 3.8) is 0 Å². The normalized spacial score (nSPS) is 11.9. The summed E-state index contributed by atoms with van der Waals surface area (Å²) in [5.41, 5.74) is 2.69. The third-order valence-corrected chi connectivity index (χ3v) is 3.27. The van der Waals surface area contributed by atoms with Gasteiger partial charge in [-0.15, -0.1) is 0 Å². The van der Waals surface area contributed by atoms with E-state index >= 15 is 0 Å². The number of ketones is 1. The molecule has 2 aromatic rings. The number of aromatic carboxylic acids is 1. The quantitative estimate of drug-likeness (QED) is 0.763. The fraction of sp³-hybridized carbons (Fsp3) is 0.0667. The molecule has 0 aromatic heterocycles. The van der Waals surface area contributed by atoms with Crippen molar-refractivity contribution < 1.29 is 19.4 Å². The molecule has 0 amide bonds. The SMILES string of the molecule is COc1ccc2c(c1)C(=O)c1ccc(C(=O)O)cc1-2. The number of hydrogen-bond donors (Lipinski definition) is 1. The van der Waals surface area contributed by atoms with Gasteiger partial charge in [0.2, 0.25) is 0 Å². The Kier molecular flexibility index (Phi) is 2.38. The molecule has 0 aliphatic heterocycles. The number of methoxy groups -OCH3 is 1. The van der Waals surface area contributed by atoms with E-state index in [1.165, 1.54) is 19.2 Å². The van der Waals surface area contributed by atoms with Crippen LogP contribution in [0.3, 0.4) is 0 Å². The lowest BCUT2D eigenvalue weighted by Crippen LogP contribution is -1.98. The molecule has 1 aliphatic carbocycles. The van der Waals surface area contributed by atoms with Crippen molar-refractivity contribution in [3.05, 3.63) is 53.1 Å². The predicted octanol–water partition coefficient (Wildman–Crippen LogP) is 2.60. The molecule has 0 unspecified atom stereocenters. The van der Waals surface area contributed by atoms with Crippen molar-refractivity contribution in [1.29, 1.82) is 0 Å². The molecule has 1 aliphatic rings. The summed E-state index contributed by atoms with van der Waals surface area (Å²) in [6.45, 7) is 0. The fourth-order valence-corrected chi connectivity index (χ4v) is 2.32. The molecule has 2 aromatic carbocycles. The van der Waals surface area contributed by atoms with Gasteiger partial charge >= 0.3 is 5.97 Å². The molecule has 4 nitrogen and oxygen atoms in total. The Balaban J connectivity index is 2.24. The second-order valence-electron chi connectivity index (χ2n) is 4.31. The van der Waals surface area contributed by atoms with Gasteiger partial charge in [-0.05, 0) is 47.5 Å². The maximum atomic E-state index is 12.2. The van der Waals surface area contributed by atoms with E-state index in [1.54, 1.807) is 24.3 Å². The second kappa shape index (κ2) is 3.95. The van der Waals surface area contributed by atoms with E-state index in [0.29, 0.717) is 22.4 Å². The summed E-state index contributed by atoms with van der Waals surface area (Å²) < 4.78 is 5.10. The number of carboxylic acids is 1. The Morgan fingerprint density at radius 3 is 2.42 bits per heavy atom. The minimum Gasteiger partial charge on any atom is -0.497 e. The monoisotopic (exact) mass is 254 g/mol. The Labute approximate surface area is 109 Å². The number of hydrogen-bond acceptors (Lipinski definition) is 3. The summed E-state index contributed by atoms with van der Waals surface area (Å²) in [5, 5.41) is 9.01. The number of carbonyl (C=O) groups is 2. The molecule has 0 radical (unpaired) electrons. The minimum atomic E-state index is -1.00. The molecule has 0 saturated heterocycles. The first kappa shape index (κ1) is 11.5. The van der Waals surface area contributed by atoms with E-state index in [0.717, 1.165) is 5.56 Å². The van der Waals surface area contributed by atoms with E-state index < -0.39 is 5.97 Å². The van der Waals surface area contributed by atoms with Gasteiger partial charge in [-0.25, -0.2) is 4.79 Å². The molecular weight excluding hydrogens is 244 g/mol. The summed E-state index contributed by atoms with van der Waals surface area (Å²) in [6.07, 6.45) is 0. The number of benzene rings is 2. The van der Waals surface area contributed by atoms with Crippen LogP contribution in [0.1, 0.15) is 26.3 Å². The van der Waals surface area contributed by atoms with Crippen LogP contribution in [0, 0.1) is 0 Å². The zero-order valence-electron chi connectivity index (χ0n) is 10.1. The van der Waals surface area contributed by atoms with Gasteiger partial charge in [0.25, 0.3) is 0 Å². The summed E-state index contributed by atoms with van der Waals surface area (Å²) in [5.74, 6) is -0.489. The van der Waals surface area contributed by atoms with Crippen LogP contribution in [-0.2, 0) is 0 Å². The third kappa shape index (κ3) is 1.61. The lowest BCUT2D eigenvalue weighted by Gasteiger charge is -2.03. The Hall–Kier alpha value is -2.62. The van der Waals surface area contributed by atoms with Gasteiger partial charge in [-0.3, -0.25) is 4.79 Å². The smallest absolute Gasteiger partial charge is 0.335 e. The maximum absolute atomic E-state index is 12.2. The number of fused-ring (bicyclic) bond motifs is 3. The van der Waals surface area contributed by atoms with E-state index in [-0.39, 0.29) is 11.3 Å². The van der Waals surface area contributed by atoms with Crippen LogP contribution in [-0.4, -0.2) is 24.0 Å². The first-order valence-electron chi connectivity index (χ1n) is 5.72. The molecular formula is C15H10O4. The highest BCUT2D eigenvalue weighted by Crippen LogP contribution is 2.38. The zero-order chi connectivity index (χ0) is 13.6. The molecule has 0 saturated carbocycles. The molecule has 0 fully saturated rings. The number of rotatable bonds is 2. The van der Waals surface area contributed by atoms with Crippen LogP contribution in [0.15, 0.2) is 36.4 Å². The van der Waals surface area contributed by atoms with Crippen molar-refractivity contribution >= 4 is 11.8 Å². The predicted molar refractivity (Wildman–Crippen MR) is 68.8 cm³/mol. The van der Waals surface area contributed by atoms with Gasteiger partial charge in [0, 0.05) is 11.1 Å². The number of carbonyl (C=O) groups excluding carboxylic acids is 1. The topological polar surface area (TPSA) is 63.6 Å². The lowest BCUT2D eigenvalue weighted by molar-refractivity contribution is 0.0696. The molecule has 0 spiro atoms.